The fourth-order valence-corrected chi connectivity index (χ4v) is 4.44. The standard InChI is InChI=1S/C25H16ClN3O5/c1-12-4-6-15-16(9-12)28-25(27-15)29-21(18-3-2-8-33-18)20(23(31)24(29)32)22(30)19-11-13-10-14(26)5-7-17(13)34-19/h2-11,21,31H,1H3,(H,27,28). The summed E-state index contributed by atoms with van der Waals surface area (Å²) in [5, 5.41) is 12.0. The van der Waals surface area contributed by atoms with Crippen molar-refractivity contribution < 1.29 is 23.5 Å². The molecule has 0 aliphatic carbocycles. The number of carbonyl (C=O) groups excluding carboxylic acids is 2. The molecule has 1 aliphatic rings. The molecule has 0 saturated heterocycles. The summed E-state index contributed by atoms with van der Waals surface area (Å²) < 4.78 is 11.3. The van der Waals surface area contributed by atoms with Crippen LogP contribution in [-0.2, 0) is 4.79 Å². The van der Waals surface area contributed by atoms with E-state index in [4.69, 9.17) is 20.4 Å². The minimum atomic E-state index is -1.05. The number of fused-ring (bicyclic) bond motifs is 2. The van der Waals surface area contributed by atoms with Gasteiger partial charge in [-0.2, -0.15) is 0 Å². The number of aliphatic hydroxyl groups excluding tert-OH is 1. The largest absolute Gasteiger partial charge is 0.503 e. The lowest BCUT2D eigenvalue weighted by molar-refractivity contribution is -0.117. The predicted molar refractivity (Wildman–Crippen MR) is 125 cm³/mol. The molecule has 9 heteroatoms. The van der Waals surface area contributed by atoms with Gasteiger partial charge in [-0.3, -0.25) is 14.5 Å². The average molecular weight is 474 g/mol. The summed E-state index contributed by atoms with van der Waals surface area (Å²) in [5.74, 6) is -1.69. The molecule has 3 aromatic heterocycles. The molecule has 2 N–H and O–H groups in total. The lowest BCUT2D eigenvalue weighted by Gasteiger charge is -2.21. The number of benzene rings is 2. The summed E-state index contributed by atoms with van der Waals surface area (Å²) in [6.07, 6.45) is 1.43. The third kappa shape index (κ3) is 3.03. The molecule has 0 spiro atoms. The molecule has 1 amide bonds. The topological polar surface area (TPSA) is 113 Å². The molecule has 5 aromatic rings. The first-order chi connectivity index (χ1) is 16.4. The lowest BCUT2D eigenvalue weighted by atomic mass is 9.99. The van der Waals surface area contributed by atoms with E-state index in [0.29, 0.717) is 21.5 Å². The lowest BCUT2D eigenvalue weighted by Crippen LogP contribution is -2.31. The maximum absolute atomic E-state index is 13.6. The van der Waals surface area contributed by atoms with Crippen LogP contribution in [0.3, 0.4) is 0 Å². The van der Waals surface area contributed by atoms with Gasteiger partial charge in [0.05, 0.1) is 22.9 Å². The van der Waals surface area contributed by atoms with Crippen LogP contribution < -0.4 is 4.90 Å². The Bertz CT molecular complexity index is 1640. The van der Waals surface area contributed by atoms with Crippen molar-refractivity contribution >= 4 is 51.2 Å². The minimum absolute atomic E-state index is 0.0368. The highest BCUT2D eigenvalue weighted by molar-refractivity contribution is 6.31. The van der Waals surface area contributed by atoms with E-state index in [2.05, 4.69) is 9.97 Å². The van der Waals surface area contributed by atoms with Gasteiger partial charge in [0.15, 0.2) is 11.5 Å². The average Bonchev–Trinajstić information content (AvgIpc) is 3.58. The van der Waals surface area contributed by atoms with Gasteiger partial charge in [-0.15, -0.1) is 0 Å². The van der Waals surface area contributed by atoms with Gasteiger partial charge in [-0.05, 0) is 61.0 Å². The van der Waals surface area contributed by atoms with Crippen LogP contribution in [0, 0.1) is 6.92 Å². The Labute approximate surface area is 197 Å². The third-order valence-corrected chi connectivity index (χ3v) is 6.06. The van der Waals surface area contributed by atoms with Gasteiger partial charge in [-0.1, -0.05) is 17.7 Å². The molecule has 1 aliphatic heterocycles. The molecule has 0 bridgehead atoms. The molecule has 0 saturated carbocycles. The SMILES string of the molecule is Cc1ccc2nc(N3C(=O)C(O)=C(C(=O)c4cc5cc(Cl)ccc5o4)C3c3ccco3)[nH]c2c1. The molecule has 0 radical (unpaired) electrons. The zero-order valence-electron chi connectivity index (χ0n) is 17.7. The van der Waals surface area contributed by atoms with Crippen LogP contribution in [0.5, 0.6) is 0 Å². The van der Waals surface area contributed by atoms with E-state index in [0.717, 1.165) is 11.1 Å². The number of aromatic nitrogens is 2. The van der Waals surface area contributed by atoms with Crippen molar-refractivity contribution in [3.05, 3.63) is 94.3 Å². The number of Topliss-reactive ketones (excluding diaryl/α,β-unsaturated/α-hetero) is 1. The van der Waals surface area contributed by atoms with Crippen LogP contribution in [0.15, 0.2) is 81.0 Å². The molecule has 6 rings (SSSR count). The number of imidazole rings is 1. The zero-order valence-corrected chi connectivity index (χ0v) is 18.5. The van der Waals surface area contributed by atoms with E-state index in [1.807, 2.05) is 25.1 Å². The van der Waals surface area contributed by atoms with Gasteiger partial charge in [-0.25, -0.2) is 4.98 Å². The zero-order chi connectivity index (χ0) is 23.6. The number of furan rings is 2. The Morgan fingerprint density at radius 3 is 2.82 bits per heavy atom. The summed E-state index contributed by atoms with van der Waals surface area (Å²) >= 11 is 6.05. The molecule has 168 valence electrons. The van der Waals surface area contributed by atoms with Gasteiger partial charge in [0.25, 0.3) is 5.91 Å². The Kier molecular flexibility index (Phi) is 4.40. The second kappa shape index (κ2) is 7.36. The molecule has 8 nitrogen and oxygen atoms in total. The minimum Gasteiger partial charge on any atom is -0.503 e. The Morgan fingerprint density at radius 2 is 2.03 bits per heavy atom. The number of nitrogens with zero attached hydrogens (tertiary/aromatic N) is 2. The Morgan fingerprint density at radius 1 is 1.18 bits per heavy atom. The number of ketones is 1. The molecule has 1 unspecified atom stereocenters. The van der Waals surface area contributed by atoms with Crippen molar-refractivity contribution in [2.24, 2.45) is 0 Å². The maximum Gasteiger partial charge on any atom is 0.296 e. The van der Waals surface area contributed by atoms with Crippen molar-refractivity contribution in [2.75, 3.05) is 4.90 Å². The molecular formula is C25H16ClN3O5. The van der Waals surface area contributed by atoms with Crippen LogP contribution in [0.25, 0.3) is 22.0 Å². The number of aryl methyl sites for hydroxylation is 1. The van der Waals surface area contributed by atoms with E-state index in [1.54, 1.807) is 30.3 Å². The van der Waals surface area contributed by atoms with Gasteiger partial charge in [0.2, 0.25) is 11.7 Å². The first-order valence-corrected chi connectivity index (χ1v) is 10.8. The highest BCUT2D eigenvalue weighted by Crippen LogP contribution is 2.42. The number of hydrogen-bond donors (Lipinski definition) is 2. The number of hydrogen-bond acceptors (Lipinski definition) is 6. The fraction of sp³-hybridized carbons (Fsp3) is 0.0800. The fourth-order valence-electron chi connectivity index (χ4n) is 4.25. The number of aliphatic hydroxyl groups is 1. The number of anilines is 1. The van der Waals surface area contributed by atoms with Crippen molar-refractivity contribution in [2.45, 2.75) is 13.0 Å². The van der Waals surface area contributed by atoms with Gasteiger partial charge in [0.1, 0.15) is 17.4 Å². The van der Waals surface area contributed by atoms with E-state index >= 15 is 0 Å². The second-order valence-corrected chi connectivity index (χ2v) is 8.49. The van der Waals surface area contributed by atoms with Crippen LogP contribution in [0.1, 0.15) is 27.9 Å². The number of amides is 1. The monoisotopic (exact) mass is 473 g/mol. The van der Waals surface area contributed by atoms with Crippen LogP contribution >= 0.6 is 11.6 Å². The molecule has 1 atom stereocenters. The normalized spacial score (nSPS) is 16.4. The quantitative estimate of drug-likeness (QED) is 0.326. The number of carbonyl (C=O) groups is 2. The summed E-state index contributed by atoms with van der Waals surface area (Å²) in [6.45, 7) is 1.94. The summed E-state index contributed by atoms with van der Waals surface area (Å²) in [4.78, 5) is 35.6. The highest BCUT2D eigenvalue weighted by Gasteiger charge is 2.48. The number of aromatic amines is 1. The Balaban J connectivity index is 1.49. The molecule has 2 aromatic carbocycles. The van der Waals surface area contributed by atoms with Gasteiger partial charge < -0.3 is 18.9 Å². The molecule has 34 heavy (non-hydrogen) atoms. The Hall–Kier alpha value is -4.30. The summed E-state index contributed by atoms with van der Waals surface area (Å²) in [6, 6.07) is 14.3. The first-order valence-electron chi connectivity index (χ1n) is 10.4. The number of H-pyrrole nitrogens is 1. The van der Waals surface area contributed by atoms with Crippen molar-refractivity contribution in [3.63, 3.8) is 0 Å². The van der Waals surface area contributed by atoms with Crippen LogP contribution in [0.4, 0.5) is 5.95 Å². The van der Waals surface area contributed by atoms with Crippen molar-refractivity contribution in [3.8, 4) is 0 Å². The predicted octanol–water partition coefficient (Wildman–Crippen LogP) is 5.65. The van der Waals surface area contributed by atoms with Crippen molar-refractivity contribution in [1.29, 1.82) is 0 Å². The molecule has 0 fully saturated rings. The van der Waals surface area contributed by atoms with E-state index in [9.17, 15) is 14.7 Å². The second-order valence-electron chi connectivity index (χ2n) is 8.06. The highest BCUT2D eigenvalue weighted by atomic mass is 35.5. The van der Waals surface area contributed by atoms with E-state index in [1.165, 1.54) is 17.2 Å². The summed E-state index contributed by atoms with van der Waals surface area (Å²) in [7, 11) is 0. The van der Waals surface area contributed by atoms with Gasteiger partial charge >= 0.3 is 0 Å². The number of nitrogens with one attached hydrogen (secondary N) is 1. The molecule has 4 heterocycles. The van der Waals surface area contributed by atoms with Gasteiger partial charge in [0, 0.05) is 10.4 Å². The van der Waals surface area contributed by atoms with Crippen LogP contribution in [-0.4, -0.2) is 26.8 Å². The number of halogens is 1. The third-order valence-electron chi connectivity index (χ3n) is 5.82. The smallest absolute Gasteiger partial charge is 0.296 e. The van der Waals surface area contributed by atoms with E-state index in [-0.39, 0.29) is 23.0 Å². The number of rotatable bonds is 4. The maximum atomic E-state index is 13.6. The summed E-state index contributed by atoms with van der Waals surface area (Å²) in [5.41, 5.74) is 2.66. The van der Waals surface area contributed by atoms with E-state index < -0.39 is 23.5 Å². The molecular weight excluding hydrogens is 458 g/mol. The van der Waals surface area contributed by atoms with Crippen LogP contribution in [0.2, 0.25) is 5.02 Å². The first kappa shape index (κ1) is 20.3. The van der Waals surface area contributed by atoms with Crippen molar-refractivity contribution in [1.82, 2.24) is 9.97 Å².